The summed E-state index contributed by atoms with van der Waals surface area (Å²) < 4.78 is 22.2. The van der Waals surface area contributed by atoms with Crippen molar-refractivity contribution in [3.8, 4) is 5.75 Å². The third-order valence-electron chi connectivity index (χ3n) is 1.86. The molecule has 1 aromatic carbocycles. The highest BCUT2D eigenvalue weighted by Crippen LogP contribution is 2.45. The van der Waals surface area contributed by atoms with Gasteiger partial charge in [-0.1, -0.05) is 18.2 Å². The van der Waals surface area contributed by atoms with Crippen LogP contribution < -0.4 is 9.61 Å². The van der Waals surface area contributed by atoms with E-state index < -0.39 is 7.75 Å². The smallest absolute Gasteiger partial charge is 0.413 e. The summed E-state index contributed by atoms with van der Waals surface area (Å²) in [5, 5.41) is 2.76. The van der Waals surface area contributed by atoms with E-state index in [0.29, 0.717) is 18.9 Å². The van der Waals surface area contributed by atoms with Gasteiger partial charge in [0, 0.05) is 6.54 Å². The van der Waals surface area contributed by atoms with Gasteiger partial charge in [-0.2, -0.15) is 0 Å². The maximum Gasteiger partial charge on any atom is 0.458 e. The van der Waals surface area contributed by atoms with Crippen molar-refractivity contribution in [1.29, 1.82) is 0 Å². The summed E-state index contributed by atoms with van der Waals surface area (Å²) in [5.41, 5.74) is 0. The normalized spacial score (nSPS) is 27.1. The Morgan fingerprint density at radius 3 is 2.79 bits per heavy atom. The van der Waals surface area contributed by atoms with Crippen LogP contribution in [0.3, 0.4) is 0 Å². The lowest BCUT2D eigenvalue weighted by molar-refractivity contribution is 0.231. The second kappa shape index (κ2) is 4.13. The summed E-state index contributed by atoms with van der Waals surface area (Å²) >= 11 is 0. The molecule has 0 amide bonds. The average Bonchev–Trinajstić information content (AvgIpc) is 2.19. The van der Waals surface area contributed by atoms with Gasteiger partial charge >= 0.3 is 7.75 Å². The number of hydrogen-bond acceptors (Lipinski definition) is 3. The minimum Gasteiger partial charge on any atom is -0.413 e. The Balaban J connectivity index is 2.06. The molecule has 2 rings (SSSR count). The lowest BCUT2D eigenvalue weighted by Crippen LogP contribution is -2.24. The summed E-state index contributed by atoms with van der Waals surface area (Å²) in [7, 11) is -3.09. The molecule has 1 N–H and O–H groups in total. The molecule has 1 fully saturated rings. The molecule has 76 valence electrons. The molecule has 0 spiro atoms. The number of para-hydroxylation sites is 1. The van der Waals surface area contributed by atoms with Crippen LogP contribution in [-0.4, -0.2) is 13.2 Å². The number of benzene rings is 1. The lowest BCUT2D eigenvalue weighted by Gasteiger charge is -2.23. The summed E-state index contributed by atoms with van der Waals surface area (Å²) in [6, 6.07) is 9.02. The van der Waals surface area contributed by atoms with E-state index in [1.807, 2.05) is 18.2 Å². The molecule has 1 aliphatic heterocycles. The second-order valence-electron chi connectivity index (χ2n) is 3.00. The van der Waals surface area contributed by atoms with Crippen LogP contribution in [0.25, 0.3) is 0 Å². The molecular formula is C9H12NO3P. The molecular weight excluding hydrogens is 201 g/mol. The van der Waals surface area contributed by atoms with Crippen LogP contribution in [-0.2, 0) is 9.09 Å². The van der Waals surface area contributed by atoms with Gasteiger partial charge in [-0.15, -0.1) is 0 Å². The molecule has 1 saturated heterocycles. The Kier molecular flexibility index (Phi) is 2.87. The zero-order valence-electron chi connectivity index (χ0n) is 7.68. The van der Waals surface area contributed by atoms with Gasteiger partial charge in [-0.05, 0) is 18.6 Å². The van der Waals surface area contributed by atoms with Crippen molar-refractivity contribution in [1.82, 2.24) is 5.09 Å². The summed E-state index contributed by atoms with van der Waals surface area (Å²) in [6.45, 7) is 1.15. The van der Waals surface area contributed by atoms with Crippen LogP contribution in [0.15, 0.2) is 30.3 Å². The molecule has 5 heteroatoms. The fourth-order valence-electron chi connectivity index (χ4n) is 1.20. The second-order valence-corrected chi connectivity index (χ2v) is 4.75. The van der Waals surface area contributed by atoms with Crippen LogP contribution in [0.1, 0.15) is 6.42 Å². The van der Waals surface area contributed by atoms with Gasteiger partial charge in [0.25, 0.3) is 0 Å². The topological polar surface area (TPSA) is 47.6 Å². The van der Waals surface area contributed by atoms with Crippen LogP contribution in [0.2, 0.25) is 0 Å². The number of nitrogens with one attached hydrogen (secondary N) is 1. The van der Waals surface area contributed by atoms with Crippen LogP contribution in [0, 0.1) is 0 Å². The van der Waals surface area contributed by atoms with E-state index in [1.165, 1.54) is 0 Å². The van der Waals surface area contributed by atoms with Crippen molar-refractivity contribution in [2.75, 3.05) is 13.2 Å². The summed E-state index contributed by atoms with van der Waals surface area (Å²) in [4.78, 5) is 0. The standard InChI is InChI=1S/C9H12NO3P/c11-14(10-7-4-8-12-14)13-9-5-2-1-3-6-9/h1-3,5-6H,4,7-8H2,(H,10,11)/t14-/m0/s1. The first-order valence-electron chi connectivity index (χ1n) is 4.53. The number of rotatable bonds is 2. The molecule has 14 heavy (non-hydrogen) atoms. The maximum atomic E-state index is 11.8. The van der Waals surface area contributed by atoms with Gasteiger partial charge in [-0.25, -0.2) is 9.65 Å². The average molecular weight is 213 g/mol. The lowest BCUT2D eigenvalue weighted by atomic mass is 10.3. The van der Waals surface area contributed by atoms with E-state index in [-0.39, 0.29) is 0 Å². The number of hydrogen-bond donors (Lipinski definition) is 1. The molecule has 0 unspecified atom stereocenters. The fourth-order valence-corrected chi connectivity index (χ4v) is 2.61. The van der Waals surface area contributed by atoms with Gasteiger partial charge in [0.1, 0.15) is 5.75 Å². The SMILES string of the molecule is O=[P@@]1(Oc2ccccc2)NCCCO1. The van der Waals surface area contributed by atoms with Crippen molar-refractivity contribution in [3.63, 3.8) is 0 Å². The van der Waals surface area contributed by atoms with Crippen molar-refractivity contribution in [2.45, 2.75) is 6.42 Å². The maximum absolute atomic E-state index is 11.8. The van der Waals surface area contributed by atoms with Crippen LogP contribution >= 0.6 is 7.75 Å². The molecule has 0 aliphatic carbocycles. The van der Waals surface area contributed by atoms with Gasteiger partial charge < -0.3 is 4.52 Å². The van der Waals surface area contributed by atoms with E-state index in [9.17, 15) is 4.57 Å². The van der Waals surface area contributed by atoms with Gasteiger partial charge in [0.15, 0.2) is 0 Å². The molecule has 0 bridgehead atoms. The highest BCUT2D eigenvalue weighted by Gasteiger charge is 2.28. The quantitative estimate of drug-likeness (QED) is 0.765. The molecule has 0 radical (unpaired) electrons. The molecule has 1 aliphatic rings. The van der Waals surface area contributed by atoms with Gasteiger partial charge in [0.2, 0.25) is 0 Å². The molecule has 0 saturated carbocycles. The highest BCUT2D eigenvalue weighted by atomic mass is 31.2. The molecule has 1 atom stereocenters. The molecule has 4 nitrogen and oxygen atoms in total. The van der Waals surface area contributed by atoms with E-state index in [0.717, 1.165) is 6.42 Å². The zero-order valence-corrected chi connectivity index (χ0v) is 8.57. The van der Waals surface area contributed by atoms with E-state index in [1.54, 1.807) is 12.1 Å². The minimum atomic E-state index is -3.09. The Labute approximate surface area is 82.8 Å². The predicted octanol–water partition coefficient (Wildman–Crippen LogP) is 2.18. The van der Waals surface area contributed by atoms with E-state index in [4.69, 9.17) is 9.05 Å². The molecule has 1 heterocycles. The summed E-state index contributed by atoms with van der Waals surface area (Å²) in [5.74, 6) is 0.560. The van der Waals surface area contributed by atoms with Gasteiger partial charge in [-0.3, -0.25) is 4.52 Å². The first kappa shape index (κ1) is 9.71. The van der Waals surface area contributed by atoms with Crippen molar-refractivity contribution < 1.29 is 13.6 Å². The monoisotopic (exact) mass is 213 g/mol. The molecule has 0 aromatic heterocycles. The van der Waals surface area contributed by atoms with E-state index in [2.05, 4.69) is 5.09 Å². The predicted molar refractivity (Wildman–Crippen MR) is 53.2 cm³/mol. The Hall–Kier alpha value is -0.830. The third kappa shape index (κ3) is 2.35. The van der Waals surface area contributed by atoms with Crippen molar-refractivity contribution >= 4 is 7.75 Å². The van der Waals surface area contributed by atoms with Crippen LogP contribution in [0.4, 0.5) is 0 Å². The third-order valence-corrected chi connectivity index (χ3v) is 3.44. The Morgan fingerprint density at radius 2 is 2.14 bits per heavy atom. The first-order chi connectivity index (χ1) is 6.79. The fraction of sp³-hybridized carbons (Fsp3) is 0.333. The first-order valence-corrected chi connectivity index (χ1v) is 6.07. The Bertz CT molecular complexity index is 331. The minimum absolute atomic E-state index is 0.483. The van der Waals surface area contributed by atoms with Crippen LogP contribution in [0.5, 0.6) is 5.75 Å². The van der Waals surface area contributed by atoms with Crippen molar-refractivity contribution in [3.05, 3.63) is 30.3 Å². The largest absolute Gasteiger partial charge is 0.458 e. The van der Waals surface area contributed by atoms with E-state index >= 15 is 0 Å². The van der Waals surface area contributed by atoms with Crippen molar-refractivity contribution in [2.24, 2.45) is 0 Å². The zero-order chi connectivity index (χ0) is 9.86. The summed E-state index contributed by atoms with van der Waals surface area (Å²) in [6.07, 6.45) is 0.863. The molecule has 1 aromatic rings. The van der Waals surface area contributed by atoms with Gasteiger partial charge in [0.05, 0.1) is 6.61 Å². The highest BCUT2D eigenvalue weighted by molar-refractivity contribution is 7.52. The Morgan fingerprint density at radius 1 is 1.36 bits per heavy atom.